The maximum absolute atomic E-state index is 13.0. The van der Waals surface area contributed by atoms with E-state index in [0.717, 1.165) is 5.56 Å². The molecule has 3 nitrogen and oxygen atoms in total. The van der Waals surface area contributed by atoms with Crippen LogP contribution in [0.25, 0.3) is 0 Å². The lowest BCUT2D eigenvalue weighted by Gasteiger charge is -2.45. The van der Waals surface area contributed by atoms with E-state index >= 15 is 0 Å². The number of nitrogens with two attached hydrogens (primary N) is 1. The van der Waals surface area contributed by atoms with Gasteiger partial charge in [-0.2, -0.15) is 0 Å². The van der Waals surface area contributed by atoms with Gasteiger partial charge in [-0.25, -0.2) is 4.39 Å². The van der Waals surface area contributed by atoms with Crippen molar-refractivity contribution in [3.8, 4) is 0 Å². The number of anilines is 1. The summed E-state index contributed by atoms with van der Waals surface area (Å²) in [5.41, 5.74) is 7.39. The Morgan fingerprint density at radius 3 is 2.50 bits per heavy atom. The Bertz CT molecular complexity index is 659. The van der Waals surface area contributed by atoms with Crippen LogP contribution >= 0.6 is 11.6 Å². The lowest BCUT2D eigenvalue weighted by molar-refractivity contribution is -0.126. The number of carbonyl (C=O) groups is 1. The summed E-state index contributed by atoms with van der Waals surface area (Å²) in [6.07, 6.45) is 0. The zero-order chi connectivity index (χ0) is 14.3. The van der Waals surface area contributed by atoms with Gasteiger partial charge in [0.2, 0.25) is 5.91 Å². The third kappa shape index (κ3) is 2.07. The zero-order valence-electron chi connectivity index (χ0n) is 10.5. The summed E-state index contributed by atoms with van der Waals surface area (Å²) < 4.78 is 13.0. The highest BCUT2D eigenvalue weighted by Gasteiger charge is 2.46. The average molecular weight is 291 g/mol. The summed E-state index contributed by atoms with van der Waals surface area (Å²) in [7, 11) is 0. The van der Waals surface area contributed by atoms with Gasteiger partial charge in [-0.15, -0.1) is 0 Å². The predicted octanol–water partition coefficient (Wildman–Crippen LogP) is 2.89. The van der Waals surface area contributed by atoms with Gasteiger partial charge < -0.3 is 10.6 Å². The van der Waals surface area contributed by atoms with E-state index in [1.807, 2.05) is 12.1 Å². The summed E-state index contributed by atoms with van der Waals surface area (Å²) in [6.45, 7) is 0. The first-order valence-corrected chi connectivity index (χ1v) is 6.55. The van der Waals surface area contributed by atoms with Crippen molar-refractivity contribution >= 4 is 23.2 Å². The van der Waals surface area contributed by atoms with Crippen molar-refractivity contribution in [2.45, 2.75) is 12.1 Å². The van der Waals surface area contributed by atoms with Gasteiger partial charge in [0.15, 0.2) is 0 Å². The molecular formula is C15H12ClFN2O. The van der Waals surface area contributed by atoms with E-state index in [4.69, 9.17) is 17.3 Å². The Balaban J connectivity index is 1.97. The first-order chi connectivity index (χ1) is 9.58. The molecule has 0 unspecified atom stereocenters. The number of hydrogen-bond acceptors (Lipinski definition) is 2. The molecule has 0 aromatic heterocycles. The fourth-order valence-electron chi connectivity index (χ4n) is 2.45. The average Bonchev–Trinajstić information content (AvgIpc) is 2.45. The van der Waals surface area contributed by atoms with Crippen molar-refractivity contribution < 1.29 is 9.18 Å². The smallest absolute Gasteiger partial charge is 0.247 e. The van der Waals surface area contributed by atoms with E-state index in [2.05, 4.69) is 0 Å². The lowest BCUT2D eigenvalue weighted by Crippen LogP contribution is -2.63. The molecule has 2 aromatic carbocycles. The molecule has 0 saturated carbocycles. The normalized spacial score (nSPS) is 21.8. The fourth-order valence-corrected chi connectivity index (χ4v) is 2.65. The monoisotopic (exact) mass is 290 g/mol. The lowest BCUT2D eigenvalue weighted by atomic mass is 9.88. The van der Waals surface area contributed by atoms with Crippen LogP contribution in [0.3, 0.4) is 0 Å². The van der Waals surface area contributed by atoms with Crippen LogP contribution in [-0.2, 0) is 4.79 Å². The molecule has 0 bridgehead atoms. The molecule has 1 aliphatic heterocycles. The SMILES string of the molecule is N[C@@H]1C(=O)N(c2ccc(F)cc2)[C@H]1c1cccc(Cl)c1. The van der Waals surface area contributed by atoms with Crippen LogP contribution in [0.2, 0.25) is 5.02 Å². The minimum Gasteiger partial charge on any atom is -0.318 e. The van der Waals surface area contributed by atoms with Crippen LogP contribution in [0, 0.1) is 5.82 Å². The van der Waals surface area contributed by atoms with E-state index in [1.165, 1.54) is 12.1 Å². The zero-order valence-corrected chi connectivity index (χ0v) is 11.2. The number of amides is 1. The van der Waals surface area contributed by atoms with E-state index < -0.39 is 6.04 Å². The van der Waals surface area contributed by atoms with Crippen LogP contribution in [0.1, 0.15) is 11.6 Å². The van der Waals surface area contributed by atoms with E-state index in [1.54, 1.807) is 29.2 Å². The van der Waals surface area contributed by atoms with Gasteiger partial charge in [0.05, 0.1) is 6.04 Å². The van der Waals surface area contributed by atoms with Crippen LogP contribution < -0.4 is 10.6 Å². The van der Waals surface area contributed by atoms with Crippen LogP contribution in [0.4, 0.5) is 10.1 Å². The summed E-state index contributed by atoms with van der Waals surface area (Å²) in [4.78, 5) is 13.6. The van der Waals surface area contributed by atoms with Gasteiger partial charge in [-0.05, 0) is 42.0 Å². The van der Waals surface area contributed by atoms with Crippen molar-refractivity contribution in [3.63, 3.8) is 0 Å². The molecule has 2 N–H and O–H groups in total. The Hall–Kier alpha value is -1.91. The maximum atomic E-state index is 13.0. The number of carbonyl (C=O) groups excluding carboxylic acids is 1. The highest BCUT2D eigenvalue weighted by molar-refractivity contribution is 6.30. The number of nitrogens with zero attached hydrogens (tertiary/aromatic N) is 1. The van der Waals surface area contributed by atoms with E-state index in [9.17, 15) is 9.18 Å². The Morgan fingerprint density at radius 2 is 1.85 bits per heavy atom. The standard InChI is InChI=1S/C15H12ClFN2O/c16-10-3-1-2-9(8-10)14-13(18)15(20)19(14)12-6-4-11(17)5-7-12/h1-8,13-14H,18H2/t13-,14-/m0/s1. The molecule has 0 spiro atoms. The first kappa shape index (κ1) is 13.1. The number of β-lactam (4-membered cyclic amide) rings is 1. The second kappa shape index (κ2) is 4.89. The molecular weight excluding hydrogens is 279 g/mol. The van der Waals surface area contributed by atoms with Crippen LogP contribution in [0.5, 0.6) is 0 Å². The van der Waals surface area contributed by atoms with Crippen LogP contribution in [-0.4, -0.2) is 11.9 Å². The number of hydrogen-bond donors (Lipinski definition) is 1. The molecule has 5 heteroatoms. The molecule has 1 saturated heterocycles. The van der Waals surface area contributed by atoms with Crippen LogP contribution in [0.15, 0.2) is 48.5 Å². The van der Waals surface area contributed by atoms with Crippen molar-refractivity contribution in [2.75, 3.05) is 4.90 Å². The fraction of sp³-hybridized carbons (Fsp3) is 0.133. The third-order valence-electron chi connectivity index (χ3n) is 3.44. The summed E-state index contributed by atoms with van der Waals surface area (Å²) in [5.74, 6) is -0.521. The van der Waals surface area contributed by atoms with Crippen molar-refractivity contribution in [1.82, 2.24) is 0 Å². The highest BCUT2D eigenvalue weighted by Crippen LogP contribution is 2.38. The van der Waals surface area contributed by atoms with Gasteiger partial charge in [-0.3, -0.25) is 4.79 Å². The van der Waals surface area contributed by atoms with Crippen molar-refractivity contribution in [3.05, 3.63) is 64.9 Å². The molecule has 1 heterocycles. The topological polar surface area (TPSA) is 46.3 Å². The van der Waals surface area contributed by atoms with Gasteiger partial charge in [0.25, 0.3) is 0 Å². The minimum absolute atomic E-state index is 0.179. The third-order valence-corrected chi connectivity index (χ3v) is 3.67. The van der Waals surface area contributed by atoms with Gasteiger partial charge in [0.1, 0.15) is 11.9 Å². The van der Waals surface area contributed by atoms with Gasteiger partial charge >= 0.3 is 0 Å². The maximum Gasteiger partial charge on any atom is 0.247 e. The second-order valence-electron chi connectivity index (χ2n) is 4.71. The molecule has 1 amide bonds. The van der Waals surface area contributed by atoms with Gasteiger partial charge in [0, 0.05) is 10.7 Å². The molecule has 2 atom stereocenters. The molecule has 1 fully saturated rings. The molecule has 0 radical (unpaired) electrons. The number of benzene rings is 2. The molecule has 2 aromatic rings. The van der Waals surface area contributed by atoms with Gasteiger partial charge in [-0.1, -0.05) is 23.7 Å². The van der Waals surface area contributed by atoms with Crippen molar-refractivity contribution in [1.29, 1.82) is 0 Å². The Kier molecular flexibility index (Phi) is 3.20. The molecule has 20 heavy (non-hydrogen) atoms. The number of rotatable bonds is 2. The molecule has 1 aliphatic rings. The Morgan fingerprint density at radius 1 is 1.15 bits per heavy atom. The summed E-state index contributed by atoms with van der Waals surface area (Å²) in [5, 5.41) is 0.591. The Labute approximate surface area is 120 Å². The quantitative estimate of drug-likeness (QED) is 0.865. The summed E-state index contributed by atoms with van der Waals surface area (Å²) >= 11 is 5.97. The van der Waals surface area contributed by atoms with E-state index in [0.29, 0.717) is 10.7 Å². The second-order valence-corrected chi connectivity index (χ2v) is 5.15. The molecule has 3 rings (SSSR count). The largest absolute Gasteiger partial charge is 0.318 e. The number of halogens is 2. The predicted molar refractivity (Wildman–Crippen MR) is 76.1 cm³/mol. The first-order valence-electron chi connectivity index (χ1n) is 6.17. The minimum atomic E-state index is -0.599. The molecule has 0 aliphatic carbocycles. The summed E-state index contributed by atoms with van der Waals surface area (Å²) in [6, 6.07) is 12.1. The molecule has 102 valence electrons. The van der Waals surface area contributed by atoms with E-state index in [-0.39, 0.29) is 17.8 Å². The highest BCUT2D eigenvalue weighted by atomic mass is 35.5. The van der Waals surface area contributed by atoms with Crippen molar-refractivity contribution in [2.24, 2.45) is 5.73 Å².